The van der Waals surface area contributed by atoms with Crippen LogP contribution in [0.4, 0.5) is 4.39 Å². The molecule has 2 atom stereocenters. The van der Waals surface area contributed by atoms with Crippen molar-refractivity contribution >= 4 is 34.3 Å². The van der Waals surface area contributed by atoms with E-state index in [4.69, 9.17) is 16.3 Å². The molecule has 1 aromatic heterocycles. The van der Waals surface area contributed by atoms with E-state index >= 15 is 0 Å². The van der Waals surface area contributed by atoms with E-state index in [2.05, 4.69) is 10.3 Å². The molecule has 33 heavy (non-hydrogen) atoms. The summed E-state index contributed by atoms with van der Waals surface area (Å²) in [6, 6.07) is 11.5. The van der Waals surface area contributed by atoms with E-state index in [1.807, 2.05) is 12.1 Å². The number of hydrogen-bond donors (Lipinski definition) is 1. The van der Waals surface area contributed by atoms with Crippen molar-refractivity contribution in [3.05, 3.63) is 59.5 Å². The summed E-state index contributed by atoms with van der Waals surface area (Å²) in [5.74, 6) is -0.270. The number of carbonyl (C=O) groups is 2. The Hall–Kier alpha value is -3.19. The number of likely N-dealkylation sites (tertiary alicyclic amines) is 1. The Morgan fingerprint density at radius 2 is 2.03 bits per heavy atom. The number of amides is 2. The van der Waals surface area contributed by atoms with Gasteiger partial charge in [-0.05, 0) is 61.7 Å². The van der Waals surface area contributed by atoms with Gasteiger partial charge in [-0.1, -0.05) is 11.6 Å². The predicted molar refractivity (Wildman–Crippen MR) is 126 cm³/mol. The van der Waals surface area contributed by atoms with Gasteiger partial charge in [0.1, 0.15) is 11.6 Å². The number of aromatic nitrogens is 1. The van der Waals surface area contributed by atoms with Gasteiger partial charge in [-0.25, -0.2) is 4.39 Å². The smallest absolute Gasteiger partial charge is 0.263 e. The molecule has 1 aliphatic heterocycles. The van der Waals surface area contributed by atoms with Crippen LogP contribution in [-0.4, -0.2) is 47.9 Å². The lowest BCUT2D eigenvalue weighted by molar-refractivity contribution is -0.141. The van der Waals surface area contributed by atoms with E-state index in [-0.39, 0.29) is 17.7 Å². The zero-order valence-electron chi connectivity index (χ0n) is 18.5. The van der Waals surface area contributed by atoms with Crippen molar-refractivity contribution in [2.45, 2.75) is 25.9 Å². The summed E-state index contributed by atoms with van der Waals surface area (Å²) in [4.78, 5) is 31.0. The highest BCUT2D eigenvalue weighted by Gasteiger charge is 2.30. The molecular weight excluding hydrogens is 445 g/mol. The minimum Gasteiger partial charge on any atom is -0.481 e. The molecule has 0 aliphatic carbocycles. The predicted octanol–water partition coefficient (Wildman–Crippen LogP) is 4.45. The average Bonchev–Trinajstić information content (AvgIpc) is 2.82. The topological polar surface area (TPSA) is 71.5 Å². The van der Waals surface area contributed by atoms with Gasteiger partial charge in [-0.15, -0.1) is 0 Å². The monoisotopic (exact) mass is 469 g/mol. The molecule has 2 heterocycles. The van der Waals surface area contributed by atoms with E-state index < -0.39 is 11.9 Å². The average molecular weight is 470 g/mol. The van der Waals surface area contributed by atoms with Gasteiger partial charge in [0.2, 0.25) is 5.91 Å². The molecule has 1 saturated heterocycles. The highest BCUT2D eigenvalue weighted by Crippen LogP contribution is 2.34. The number of nitrogens with zero attached hydrogens (tertiary/aromatic N) is 2. The van der Waals surface area contributed by atoms with Crippen molar-refractivity contribution in [2.24, 2.45) is 5.92 Å². The van der Waals surface area contributed by atoms with E-state index in [0.717, 1.165) is 23.8 Å². The molecule has 0 saturated carbocycles. The molecule has 172 valence electrons. The Morgan fingerprint density at radius 3 is 2.79 bits per heavy atom. The molecule has 1 fully saturated rings. The molecule has 0 bridgehead atoms. The first-order chi connectivity index (χ1) is 15.9. The maximum absolute atomic E-state index is 13.5. The van der Waals surface area contributed by atoms with Gasteiger partial charge in [-0.3, -0.25) is 14.6 Å². The van der Waals surface area contributed by atoms with Gasteiger partial charge < -0.3 is 15.0 Å². The zero-order chi connectivity index (χ0) is 23.5. The number of benzene rings is 2. The number of halogens is 2. The Labute approximate surface area is 196 Å². The Kier molecular flexibility index (Phi) is 6.79. The molecule has 4 rings (SSSR count). The molecule has 0 unspecified atom stereocenters. The molecule has 0 radical (unpaired) electrons. The quantitative estimate of drug-likeness (QED) is 0.599. The Balaban J connectivity index is 1.52. The lowest BCUT2D eigenvalue weighted by Crippen LogP contribution is -2.48. The lowest BCUT2D eigenvalue weighted by Gasteiger charge is -2.33. The first kappa shape index (κ1) is 23.0. The molecule has 0 spiro atoms. The van der Waals surface area contributed by atoms with Crippen LogP contribution in [0, 0.1) is 11.7 Å². The highest BCUT2D eigenvalue weighted by atomic mass is 35.5. The number of nitrogens with one attached hydrogen (secondary N) is 1. The van der Waals surface area contributed by atoms with Gasteiger partial charge in [-0.2, -0.15) is 0 Å². The molecule has 6 nitrogen and oxygen atoms in total. The largest absolute Gasteiger partial charge is 0.481 e. The minimum absolute atomic E-state index is 0.0428. The van der Waals surface area contributed by atoms with Crippen molar-refractivity contribution in [3.63, 3.8) is 0 Å². The standard InChI is InChI=1S/C25H25ClFN3O3/c1-15(25(32)30-11-3-4-16(14-30)24(31)28-2)33-18-6-8-21-19(9-10-29-23(21)13-18)20-7-5-17(27)12-22(20)26/h5-10,12-13,15-16H,3-4,11,14H2,1-2H3,(H,28,31)/t15-,16+/m1/s1. The minimum atomic E-state index is -0.708. The summed E-state index contributed by atoms with van der Waals surface area (Å²) in [6.07, 6.45) is 2.50. The number of pyridine rings is 1. The highest BCUT2D eigenvalue weighted by molar-refractivity contribution is 6.33. The van der Waals surface area contributed by atoms with Crippen molar-refractivity contribution < 1.29 is 18.7 Å². The second kappa shape index (κ2) is 9.75. The molecule has 3 aromatic rings. The zero-order valence-corrected chi connectivity index (χ0v) is 19.2. The number of ether oxygens (including phenoxy) is 1. The summed E-state index contributed by atoms with van der Waals surface area (Å²) in [7, 11) is 1.61. The lowest BCUT2D eigenvalue weighted by atomic mass is 9.97. The van der Waals surface area contributed by atoms with Crippen LogP contribution in [-0.2, 0) is 9.59 Å². The summed E-state index contributed by atoms with van der Waals surface area (Å²) in [6.45, 7) is 2.71. The molecule has 2 amide bonds. The fourth-order valence-corrected chi connectivity index (χ4v) is 4.52. The number of piperidine rings is 1. The third-order valence-corrected chi connectivity index (χ3v) is 6.26. The van der Waals surface area contributed by atoms with Gasteiger partial charge in [0, 0.05) is 43.4 Å². The van der Waals surface area contributed by atoms with E-state index in [9.17, 15) is 14.0 Å². The number of rotatable bonds is 5. The molecular formula is C25H25ClFN3O3. The maximum atomic E-state index is 13.5. The van der Waals surface area contributed by atoms with Crippen molar-refractivity contribution in [1.82, 2.24) is 15.2 Å². The molecule has 1 aliphatic rings. The summed E-state index contributed by atoms with van der Waals surface area (Å²) in [5.41, 5.74) is 2.20. The molecule has 8 heteroatoms. The van der Waals surface area contributed by atoms with E-state index in [0.29, 0.717) is 34.9 Å². The van der Waals surface area contributed by atoms with Crippen molar-refractivity contribution in [2.75, 3.05) is 20.1 Å². The summed E-state index contributed by atoms with van der Waals surface area (Å²) >= 11 is 6.26. The van der Waals surface area contributed by atoms with Crippen molar-refractivity contribution in [3.8, 4) is 16.9 Å². The first-order valence-electron chi connectivity index (χ1n) is 10.9. The fourth-order valence-electron chi connectivity index (χ4n) is 4.25. The maximum Gasteiger partial charge on any atom is 0.263 e. The molecule has 1 N–H and O–H groups in total. The van der Waals surface area contributed by atoms with Gasteiger partial charge in [0.25, 0.3) is 5.91 Å². The van der Waals surface area contributed by atoms with E-state index in [1.165, 1.54) is 12.1 Å². The Morgan fingerprint density at radius 1 is 1.21 bits per heavy atom. The van der Waals surface area contributed by atoms with Gasteiger partial charge in [0.15, 0.2) is 6.10 Å². The third kappa shape index (κ3) is 4.93. The van der Waals surface area contributed by atoms with Crippen LogP contribution in [0.5, 0.6) is 5.75 Å². The first-order valence-corrected chi connectivity index (χ1v) is 11.3. The molecule has 2 aromatic carbocycles. The van der Waals surface area contributed by atoms with Crippen LogP contribution in [0.3, 0.4) is 0 Å². The van der Waals surface area contributed by atoms with Crippen LogP contribution in [0.1, 0.15) is 19.8 Å². The van der Waals surface area contributed by atoms with Crippen molar-refractivity contribution in [1.29, 1.82) is 0 Å². The normalized spacial score (nSPS) is 17.0. The Bertz CT molecular complexity index is 1200. The van der Waals surface area contributed by atoms with Gasteiger partial charge in [0.05, 0.1) is 16.5 Å². The number of hydrogen-bond acceptors (Lipinski definition) is 4. The number of carbonyl (C=O) groups excluding carboxylic acids is 2. The second-order valence-electron chi connectivity index (χ2n) is 8.16. The van der Waals surface area contributed by atoms with Crippen LogP contribution in [0.25, 0.3) is 22.0 Å². The fraction of sp³-hybridized carbons (Fsp3) is 0.320. The summed E-state index contributed by atoms with van der Waals surface area (Å²) in [5, 5.41) is 3.81. The van der Waals surface area contributed by atoms with Crippen LogP contribution >= 0.6 is 11.6 Å². The van der Waals surface area contributed by atoms with E-state index in [1.54, 1.807) is 43.3 Å². The van der Waals surface area contributed by atoms with Crippen LogP contribution in [0.2, 0.25) is 5.02 Å². The number of fused-ring (bicyclic) bond motifs is 1. The second-order valence-corrected chi connectivity index (χ2v) is 8.57. The van der Waals surface area contributed by atoms with Crippen LogP contribution in [0.15, 0.2) is 48.7 Å². The van der Waals surface area contributed by atoms with Crippen LogP contribution < -0.4 is 10.1 Å². The van der Waals surface area contributed by atoms with Gasteiger partial charge >= 0.3 is 0 Å². The third-order valence-electron chi connectivity index (χ3n) is 5.95. The SMILES string of the molecule is CNC(=O)[C@H]1CCCN(C(=O)[C@@H](C)Oc2ccc3c(-c4ccc(F)cc4Cl)ccnc3c2)C1. The summed E-state index contributed by atoms with van der Waals surface area (Å²) < 4.78 is 19.4.